The van der Waals surface area contributed by atoms with E-state index in [-0.39, 0.29) is 18.9 Å². The highest BCUT2D eigenvalue weighted by Gasteiger charge is 2.27. The molecular formula is C16H23NO3S. The summed E-state index contributed by atoms with van der Waals surface area (Å²) in [5, 5.41) is 8.84. The van der Waals surface area contributed by atoms with E-state index < -0.39 is 11.5 Å². The minimum atomic E-state index is -0.896. The summed E-state index contributed by atoms with van der Waals surface area (Å²) in [6, 6.07) is 7.52. The number of thioether (sulfide) groups is 1. The minimum absolute atomic E-state index is 0.0480. The molecule has 0 unspecified atom stereocenters. The van der Waals surface area contributed by atoms with Crippen molar-refractivity contribution in [1.29, 1.82) is 0 Å². The van der Waals surface area contributed by atoms with Gasteiger partial charge in [0.2, 0.25) is 0 Å². The van der Waals surface area contributed by atoms with Crippen molar-refractivity contribution in [3.8, 4) is 0 Å². The largest absolute Gasteiger partial charge is 0.481 e. The molecule has 0 aliphatic carbocycles. The Labute approximate surface area is 130 Å². The number of carboxylic acid groups (broad SMARTS) is 1. The van der Waals surface area contributed by atoms with Crippen LogP contribution in [-0.4, -0.2) is 40.2 Å². The summed E-state index contributed by atoms with van der Waals surface area (Å²) in [7, 11) is 0. The molecule has 1 aromatic rings. The lowest BCUT2D eigenvalue weighted by molar-refractivity contribution is -0.137. The van der Waals surface area contributed by atoms with Gasteiger partial charge in [0.15, 0.2) is 0 Å². The first-order valence-corrected chi connectivity index (χ1v) is 8.26. The first kappa shape index (κ1) is 17.6. The highest BCUT2D eigenvalue weighted by molar-refractivity contribution is 7.97. The molecule has 0 saturated carbocycles. The van der Waals surface area contributed by atoms with E-state index >= 15 is 0 Å². The van der Waals surface area contributed by atoms with E-state index in [1.807, 2.05) is 51.3 Å². The van der Waals surface area contributed by atoms with Gasteiger partial charge in [-0.3, -0.25) is 9.59 Å². The van der Waals surface area contributed by atoms with Gasteiger partial charge in [-0.2, -0.15) is 11.8 Å². The van der Waals surface area contributed by atoms with Gasteiger partial charge in [-0.15, -0.1) is 0 Å². The maximum Gasteiger partial charge on any atom is 0.305 e. The van der Waals surface area contributed by atoms with Crippen LogP contribution >= 0.6 is 11.8 Å². The summed E-state index contributed by atoms with van der Waals surface area (Å²) >= 11 is 1.73. The third kappa shape index (κ3) is 5.42. The lowest BCUT2D eigenvalue weighted by atomic mass is 10.0. The SMILES string of the molecule is CSCc1ccc(C(=O)N(CCC(=O)O)C(C)(C)C)cc1. The Balaban J connectivity index is 2.91. The van der Waals surface area contributed by atoms with Crippen molar-refractivity contribution in [1.82, 2.24) is 4.90 Å². The Morgan fingerprint density at radius 1 is 1.19 bits per heavy atom. The molecule has 116 valence electrons. The number of carbonyl (C=O) groups excluding carboxylic acids is 1. The zero-order chi connectivity index (χ0) is 16.0. The molecule has 1 N–H and O–H groups in total. The number of carboxylic acids is 1. The van der Waals surface area contributed by atoms with Crippen LogP contribution in [0, 0.1) is 0 Å². The molecule has 1 amide bonds. The van der Waals surface area contributed by atoms with Crippen molar-refractivity contribution in [2.45, 2.75) is 38.5 Å². The first-order chi connectivity index (χ1) is 9.75. The Hall–Kier alpha value is -1.49. The van der Waals surface area contributed by atoms with Crippen LogP contribution in [0.5, 0.6) is 0 Å². The molecule has 0 aliphatic heterocycles. The Morgan fingerprint density at radius 2 is 1.76 bits per heavy atom. The third-order valence-electron chi connectivity index (χ3n) is 3.12. The van der Waals surface area contributed by atoms with Gasteiger partial charge in [0, 0.05) is 23.4 Å². The standard InChI is InChI=1S/C16H23NO3S/c1-16(2,3)17(10-9-14(18)19)15(20)13-7-5-12(6-8-13)11-21-4/h5-8H,9-11H2,1-4H3,(H,18,19). The molecule has 4 nitrogen and oxygen atoms in total. The second kappa shape index (κ2) is 7.50. The Kier molecular flexibility index (Phi) is 6.27. The number of benzene rings is 1. The van der Waals surface area contributed by atoms with Crippen LogP contribution in [0.15, 0.2) is 24.3 Å². The van der Waals surface area contributed by atoms with Crippen LogP contribution in [0.25, 0.3) is 0 Å². The maximum absolute atomic E-state index is 12.6. The molecule has 1 rings (SSSR count). The van der Waals surface area contributed by atoms with Crippen LogP contribution in [0.3, 0.4) is 0 Å². The fourth-order valence-electron chi connectivity index (χ4n) is 2.02. The van der Waals surface area contributed by atoms with Crippen molar-refractivity contribution in [3.05, 3.63) is 35.4 Å². The molecule has 0 atom stereocenters. The third-order valence-corrected chi connectivity index (χ3v) is 3.74. The number of hydrogen-bond acceptors (Lipinski definition) is 3. The van der Waals surface area contributed by atoms with Gasteiger partial charge >= 0.3 is 5.97 Å². The Bertz CT molecular complexity index is 491. The van der Waals surface area contributed by atoms with Gasteiger partial charge < -0.3 is 10.0 Å². The normalized spacial score (nSPS) is 11.2. The van der Waals surface area contributed by atoms with E-state index in [1.165, 1.54) is 5.56 Å². The van der Waals surface area contributed by atoms with Crippen LogP contribution in [0.1, 0.15) is 43.1 Å². The van der Waals surface area contributed by atoms with Crippen molar-refractivity contribution >= 4 is 23.6 Å². The van der Waals surface area contributed by atoms with Crippen LogP contribution < -0.4 is 0 Å². The van der Waals surface area contributed by atoms with Crippen LogP contribution in [-0.2, 0) is 10.5 Å². The van der Waals surface area contributed by atoms with Gasteiger partial charge in [-0.1, -0.05) is 12.1 Å². The fourth-order valence-corrected chi connectivity index (χ4v) is 2.54. The molecule has 0 radical (unpaired) electrons. The predicted octanol–water partition coefficient (Wildman–Crippen LogP) is 3.27. The quantitative estimate of drug-likeness (QED) is 0.876. The van der Waals surface area contributed by atoms with Gasteiger partial charge in [0.1, 0.15) is 0 Å². The summed E-state index contributed by atoms with van der Waals surface area (Å²) in [6.07, 6.45) is 1.99. The predicted molar refractivity (Wildman–Crippen MR) is 86.7 cm³/mol. The van der Waals surface area contributed by atoms with E-state index in [1.54, 1.807) is 16.7 Å². The average molecular weight is 309 g/mol. The van der Waals surface area contributed by atoms with E-state index in [2.05, 4.69) is 0 Å². The van der Waals surface area contributed by atoms with Crippen molar-refractivity contribution in [3.63, 3.8) is 0 Å². The summed E-state index contributed by atoms with van der Waals surface area (Å²) < 4.78 is 0. The fraction of sp³-hybridized carbons (Fsp3) is 0.500. The number of nitrogens with zero attached hydrogens (tertiary/aromatic N) is 1. The number of carbonyl (C=O) groups is 2. The van der Waals surface area contributed by atoms with E-state index in [0.717, 1.165) is 5.75 Å². The zero-order valence-corrected chi connectivity index (χ0v) is 13.9. The highest BCUT2D eigenvalue weighted by atomic mass is 32.2. The van der Waals surface area contributed by atoms with Crippen molar-refractivity contribution < 1.29 is 14.7 Å². The van der Waals surface area contributed by atoms with E-state index in [9.17, 15) is 9.59 Å². The zero-order valence-electron chi connectivity index (χ0n) is 13.0. The van der Waals surface area contributed by atoms with Gasteiger partial charge in [0.25, 0.3) is 5.91 Å². The molecule has 0 spiro atoms. The van der Waals surface area contributed by atoms with E-state index in [0.29, 0.717) is 5.56 Å². The average Bonchev–Trinajstić information content (AvgIpc) is 2.38. The summed E-state index contributed by atoms with van der Waals surface area (Å²) in [5.74, 6) is -0.108. The molecule has 0 bridgehead atoms. The summed E-state index contributed by atoms with van der Waals surface area (Å²) in [5.41, 5.74) is 1.36. The smallest absolute Gasteiger partial charge is 0.305 e. The van der Waals surface area contributed by atoms with Crippen LogP contribution in [0.2, 0.25) is 0 Å². The monoisotopic (exact) mass is 309 g/mol. The van der Waals surface area contributed by atoms with Crippen LogP contribution in [0.4, 0.5) is 0 Å². The number of rotatable bonds is 6. The van der Waals surface area contributed by atoms with Gasteiger partial charge in [0.05, 0.1) is 6.42 Å². The molecule has 0 aromatic heterocycles. The minimum Gasteiger partial charge on any atom is -0.481 e. The topological polar surface area (TPSA) is 57.6 Å². The lowest BCUT2D eigenvalue weighted by Gasteiger charge is -2.35. The highest BCUT2D eigenvalue weighted by Crippen LogP contribution is 2.19. The maximum atomic E-state index is 12.6. The summed E-state index contributed by atoms with van der Waals surface area (Å²) in [6.45, 7) is 5.95. The van der Waals surface area contributed by atoms with E-state index in [4.69, 9.17) is 5.11 Å². The Morgan fingerprint density at radius 3 is 2.19 bits per heavy atom. The molecule has 1 aromatic carbocycles. The second-order valence-corrected chi connectivity index (χ2v) is 6.77. The molecule has 0 aliphatic rings. The number of hydrogen-bond donors (Lipinski definition) is 1. The number of amides is 1. The molecule has 21 heavy (non-hydrogen) atoms. The molecular weight excluding hydrogens is 286 g/mol. The van der Waals surface area contributed by atoms with Gasteiger partial charge in [-0.25, -0.2) is 0 Å². The molecule has 5 heteroatoms. The lowest BCUT2D eigenvalue weighted by Crippen LogP contribution is -2.46. The van der Waals surface area contributed by atoms with Crippen molar-refractivity contribution in [2.24, 2.45) is 0 Å². The molecule has 0 heterocycles. The van der Waals surface area contributed by atoms with Crippen molar-refractivity contribution in [2.75, 3.05) is 12.8 Å². The summed E-state index contributed by atoms with van der Waals surface area (Å²) in [4.78, 5) is 25.0. The first-order valence-electron chi connectivity index (χ1n) is 6.87. The molecule has 0 saturated heterocycles. The molecule has 0 fully saturated rings. The number of aliphatic carboxylic acids is 1. The van der Waals surface area contributed by atoms with Gasteiger partial charge in [-0.05, 0) is 44.7 Å². The second-order valence-electron chi connectivity index (χ2n) is 5.90.